The number of fused-ring (bicyclic) bond motifs is 2. The average molecular weight is 597 g/mol. The molecule has 9 nitrogen and oxygen atoms in total. The van der Waals surface area contributed by atoms with Gasteiger partial charge < -0.3 is 15.1 Å². The Morgan fingerprint density at radius 2 is 2.12 bits per heavy atom. The van der Waals surface area contributed by atoms with Crippen LogP contribution in [0.1, 0.15) is 37.5 Å². The van der Waals surface area contributed by atoms with Crippen molar-refractivity contribution in [2.75, 3.05) is 18.8 Å². The van der Waals surface area contributed by atoms with Crippen molar-refractivity contribution in [2.45, 2.75) is 48.5 Å². The molecule has 0 bridgehead atoms. The average Bonchev–Trinajstić information content (AvgIpc) is 3.70. The highest BCUT2D eigenvalue weighted by atomic mass is 32.2. The first-order valence-electron chi connectivity index (χ1n) is 13.2. The van der Waals surface area contributed by atoms with Gasteiger partial charge in [-0.2, -0.15) is 11.8 Å². The van der Waals surface area contributed by atoms with Crippen molar-refractivity contribution < 1.29 is 23.6 Å². The van der Waals surface area contributed by atoms with Gasteiger partial charge in [0.15, 0.2) is 5.09 Å². The molecule has 40 heavy (non-hydrogen) atoms. The van der Waals surface area contributed by atoms with E-state index in [1.54, 1.807) is 23.9 Å². The zero-order valence-electron chi connectivity index (χ0n) is 21.8. The number of hydrogen-bond acceptors (Lipinski definition) is 9. The van der Waals surface area contributed by atoms with Crippen molar-refractivity contribution in [3.05, 3.63) is 52.6 Å². The molecular weight excluding hydrogens is 569 g/mol. The summed E-state index contributed by atoms with van der Waals surface area (Å²) in [6, 6.07) is 11.6. The lowest BCUT2D eigenvalue weighted by Gasteiger charge is -2.24. The number of hydrogen-bond donors (Lipinski definition) is 2. The zero-order valence-corrected chi connectivity index (χ0v) is 24.3. The van der Waals surface area contributed by atoms with E-state index in [4.69, 9.17) is 4.42 Å². The van der Waals surface area contributed by atoms with Crippen LogP contribution >= 0.6 is 35.3 Å². The lowest BCUT2D eigenvalue weighted by atomic mass is 9.85. The molecule has 1 aromatic heterocycles. The molecule has 0 radical (unpaired) electrons. The van der Waals surface area contributed by atoms with Gasteiger partial charge in [0.05, 0.1) is 21.2 Å². The normalized spacial score (nSPS) is 26.3. The molecule has 1 aromatic carbocycles. The second-order valence-corrected chi connectivity index (χ2v) is 13.7. The molecule has 0 unspecified atom stereocenters. The Bertz CT molecular complexity index is 1450. The first kappa shape index (κ1) is 27.2. The largest absolute Gasteiger partial charge is 0.450 e. The summed E-state index contributed by atoms with van der Waals surface area (Å²) in [5, 5.41) is 7.34. The number of nitrogens with zero attached hydrogens (tertiary/aromatic N) is 2. The van der Waals surface area contributed by atoms with Crippen molar-refractivity contribution in [2.24, 2.45) is 10.9 Å². The fraction of sp³-hybridized carbons (Fsp3) is 0.393. The van der Waals surface area contributed by atoms with Gasteiger partial charge in [0, 0.05) is 55.3 Å². The van der Waals surface area contributed by atoms with E-state index in [1.807, 2.05) is 31.2 Å². The van der Waals surface area contributed by atoms with Gasteiger partial charge in [-0.3, -0.25) is 24.1 Å². The van der Waals surface area contributed by atoms with Crippen molar-refractivity contribution in [1.82, 2.24) is 15.5 Å². The standard InChI is InChI=1S/C28H28N4O5S3/c1-28-15-38-20(18(28)13-23(34)31-28)14-22(33)29-9-4-10-32-26(35)21(39-27(32)36)12-17-7-8-25(37-17)40-24-11-16-5-2-3-6-19(16)30-24/h2-3,5-8,12,18,20H,4,9-11,13-15H2,1H3,(H,29,33)(H,31,34)/b21-12-/t18-,20+,28+/m1/s1. The number of benzene rings is 1. The van der Waals surface area contributed by atoms with Gasteiger partial charge in [0.1, 0.15) is 5.76 Å². The van der Waals surface area contributed by atoms with Crippen LogP contribution in [0.3, 0.4) is 0 Å². The van der Waals surface area contributed by atoms with Crippen molar-refractivity contribution in [1.29, 1.82) is 0 Å². The summed E-state index contributed by atoms with van der Waals surface area (Å²) < 4.78 is 5.88. The molecular formula is C28H28N4O5S3. The summed E-state index contributed by atoms with van der Waals surface area (Å²) in [6.45, 7) is 2.63. The second kappa shape index (κ2) is 11.1. The SMILES string of the molecule is C[C@]12CS[C@@H](CC(=O)NCCCN3C(=O)S/C(=C\c4ccc(SC5=Nc6ccccc6C5)o4)C3=O)[C@H]1CC(=O)N2. The van der Waals surface area contributed by atoms with Gasteiger partial charge in [-0.05, 0) is 60.6 Å². The number of rotatable bonds is 8. The zero-order chi connectivity index (χ0) is 27.9. The summed E-state index contributed by atoms with van der Waals surface area (Å²) in [4.78, 5) is 55.9. The predicted octanol–water partition coefficient (Wildman–Crippen LogP) is 4.60. The van der Waals surface area contributed by atoms with E-state index in [9.17, 15) is 19.2 Å². The van der Waals surface area contributed by atoms with E-state index in [-0.39, 0.29) is 46.2 Å². The number of carbonyl (C=O) groups is 4. The minimum Gasteiger partial charge on any atom is -0.450 e. The predicted molar refractivity (Wildman–Crippen MR) is 158 cm³/mol. The molecule has 2 N–H and O–H groups in total. The van der Waals surface area contributed by atoms with Crippen molar-refractivity contribution >= 4 is 75.1 Å². The van der Waals surface area contributed by atoms with E-state index >= 15 is 0 Å². The minimum absolute atomic E-state index is 0.0567. The third kappa shape index (κ3) is 5.61. The number of nitrogens with one attached hydrogen (secondary N) is 2. The van der Waals surface area contributed by atoms with Gasteiger partial charge in [0.2, 0.25) is 11.8 Å². The molecule has 0 aliphatic carbocycles. The molecule has 4 aliphatic heterocycles. The van der Waals surface area contributed by atoms with Crippen LogP contribution in [-0.4, -0.2) is 62.5 Å². The molecule has 4 amide bonds. The third-order valence-corrected chi connectivity index (χ3v) is 11.0. The molecule has 3 atom stereocenters. The summed E-state index contributed by atoms with van der Waals surface area (Å²) in [7, 11) is 0. The number of carbonyl (C=O) groups excluding carboxylic acids is 4. The Morgan fingerprint density at radius 3 is 2.98 bits per heavy atom. The van der Waals surface area contributed by atoms with Crippen LogP contribution in [0.4, 0.5) is 10.5 Å². The third-order valence-electron chi connectivity index (χ3n) is 7.51. The summed E-state index contributed by atoms with van der Waals surface area (Å²) >= 11 is 4.07. The Kier molecular flexibility index (Phi) is 7.58. The summed E-state index contributed by atoms with van der Waals surface area (Å²) in [5.41, 5.74) is 1.94. The minimum atomic E-state index is -0.359. The second-order valence-electron chi connectivity index (χ2n) is 10.4. The highest BCUT2D eigenvalue weighted by Gasteiger charge is 2.52. The number of furan rings is 1. The molecule has 0 saturated carbocycles. The van der Waals surface area contributed by atoms with Crippen molar-refractivity contribution in [3.63, 3.8) is 0 Å². The molecule has 208 valence electrons. The van der Waals surface area contributed by atoms with Crippen LogP contribution in [0.15, 0.2) is 55.8 Å². The van der Waals surface area contributed by atoms with E-state index in [0.717, 1.165) is 34.7 Å². The van der Waals surface area contributed by atoms with Crippen LogP contribution in [0, 0.1) is 5.92 Å². The maximum absolute atomic E-state index is 12.9. The number of amides is 4. The fourth-order valence-electron chi connectivity index (χ4n) is 5.46. The van der Waals surface area contributed by atoms with Crippen LogP contribution in [-0.2, 0) is 20.8 Å². The Balaban J connectivity index is 0.961. The first-order chi connectivity index (χ1) is 19.3. The molecule has 0 spiro atoms. The topological polar surface area (TPSA) is 121 Å². The molecule has 3 fully saturated rings. The number of thioether (sulfide) groups is 3. The van der Waals surface area contributed by atoms with Gasteiger partial charge in [0.25, 0.3) is 11.1 Å². The first-order valence-corrected chi connectivity index (χ1v) is 15.8. The van der Waals surface area contributed by atoms with Crippen LogP contribution in [0.25, 0.3) is 6.08 Å². The molecule has 4 aliphatic rings. The number of aliphatic imine (C=N–C) groups is 1. The maximum Gasteiger partial charge on any atom is 0.293 e. The summed E-state index contributed by atoms with van der Waals surface area (Å²) in [5.74, 6) is 1.10. The van der Waals surface area contributed by atoms with E-state index in [0.29, 0.717) is 41.6 Å². The van der Waals surface area contributed by atoms with Gasteiger partial charge in [-0.25, -0.2) is 4.99 Å². The molecule has 5 heterocycles. The Hall–Kier alpha value is -2.96. The highest BCUT2D eigenvalue weighted by Crippen LogP contribution is 2.46. The lowest BCUT2D eigenvalue weighted by molar-refractivity contribution is -0.123. The van der Waals surface area contributed by atoms with Gasteiger partial charge in [-0.1, -0.05) is 18.2 Å². The van der Waals surface area contributed by atoms with Gasteiger partial charge in [-0.15, -0.1) is 0 Å². The number of imide groups is 1. The quantitative estimate of drug-likeness (QED) is 0.335. The van der Waals surface area contributed by atoms with Crippen LogP contribution in [0.2, 0.25) is 0 Å². The van der Waals surface area contributed by atoms with Crippen LogP contribution < -0.4 is 10.6 Å². The molecule has 6 rings (SSSR count). The van der Waals surface area contributed by atoms with Crippen LogP contribution in [0.5, 0.6) is 0 Å². The molecule has 3 saturated heterocycles. The lowest BCUT2D eigenvalue weighted by Crippen LogP contribution is -2.43. The molecule has 2 aromatic rings. The van der Waals surface area contributed by atoms with E-state index < -0.39 is 0 Å². The smallest absolute Gasteiger partial charge is 0.293 e. The highest BCUT2D eigenvalue weighted by molar-refractivity contribution is 8.18. The Morgan fingerprint density at radius 1 is 1.27 bits per heavy atom. The van der Waals surface area contributed by atoms with E-state index in [1.165, 1.54) is 22.2 Å². The molecule has 12 heteroatoms. The summed E-state index contributed by atoms with van der Waals surface area (Å²) in [6.07, 6.45) is 3.64. The number of para-hydroxylation sites is 1. The Labute approximate surface area is 244 Å². The fourth-order valence-corrected chi connectivity index (χ4v) is 8.93. The van der Waals surface area contributed by atoms with E-state index in [2.05, 4.69) is 21.7 Å². The van der Waals surface area contributed by atoms with Crippen molar-refractivity contribution in [3.8, 4) is 0 Å². The maximum atomic E-state index is 12.9. The monoisotopic (exact) mass is 596 g/mol. The van der Waals surface area contributed by atoms with Gasteiger partial charge >= 0.3 is 0 Å².